The minimum Gasteiger partial charge on any atom is -0.151 e. The van der Waals surface area contributed by atoms with Gasteiger partial charge < -0.3 is 0 Å². The minimum atomic E-state index is 0.866. The van der Waals surface area contributed by atoms with Gasteiger partial charge in [-0.15, -0.1) is 5.11 Å². The van der Waals surface area contributed by atoms with E-state index in [1.165, 1.54) is 15.8 Å². The maximum Gasteiger partial charge on any atom is 0.100 e. The molecule has 0 aromatic heterocycles. The number of nitrogens with zero attached hydrogens (tertiary/aromatic N) is 2. The molecule has 0 amide bonds. The molecule has 0 N–H and O–H groups in total. The molecule has 2 aromatic rings. The first kappa shape index (κ1) is 12.3. The van der Waals surface area contributed by atoms with Crippen LogP contribution in [-0.2, 0) is 0 Å². The molecule has 0 fully saturated rings. The molecule has 0 aliphatic heterocycles. The molecule has 2 rings (SSSR count). The van der Waals surface area contributed by atoms with E-state index >= 15 is 0 Å². The maximum atomic E-state index is 4.25. The fourth-order valence-electron chi connectivity index (χ4n) is 1.33. The summed E-state index contributed by atoms with van der Waals surface area (Å²) in [7, 11) is 1.49. The smallest absolute Gasteiger partial charge is 0.100 e. The number of hydrogen-bond donors (Lipinski definition) is 0. The van der Waals surface area contributed by atoms with Crippen molar-refractivity contribution in [2.24, 2.45) is 10.2 Å². The first-order valence-corrected chi connectivity index (χ1v) is 7.81. The van der Waals surface area contributed by atoms with Gasteiger partial charge in [0, 0.05) is 4.90 Å². The lowest BCUT2D eigenvalue weighted by molar-refractivity contribution is 1.19. The molecule has 2 aromatic carbocycles. The molecule has 86 valence electrons. The van der Waals surface area contributed by atoms with Gasteiger partial charge in [-0.2, -0.15) is 5.11 Å². The summed E-state index contributed by atoms with van der Waals surface area (Å²) in [4.78, 5) is 1.06. The molecule has 2 nitrogen and oxygen atoms in total. The third kappa shape index (κ3) is 3.41. The van der Waals surface area contributed by atoms with Crippen molar-refractivity contribution >= 4 is 36.4 Å². The Labute approximate surface area is 112 Å². The lowest BCUT2D eigenvalue weighted by Gasteiger charge is -1.98. The Balaban J connectivity index is 2.22. The van der Waals surface area contributed by atoms with Crippen molar-refractivity contribution in [1.29, 1.82) is 0 Å². The second-order valence-corrected chi connectivity index (χ2v) is 5.15. The molecule has 0 saturated heterocycles. The van der Waals surface area contributed by atoms with Gasteiger partial charge in [0.1, 0.15) is 5.69 Å². The average Bonchev–Trinajstić information content (AvgIpc) is 2.38. The molecule has 0 atom stereocenters. The van der Waals surface area contributed by atoms with Crippen LogP contribution >= 0.6 is 25.0 Å². The molecule has 0 radical (unpaired) electrons. The third-order valence-electron chi connectivity index (χ3n) is 2.26. The van der Waals surface area contributed by atoms with Crippen molar-refractivity contribution in [2.45, 2.75) is 11.8 Å². The van der Waals surface area contributed by atoms with E-state index in [0.717, 1.165) is 16.3 Å². The van der Waals surface area contributed by atoms with E-state index in [0.29, 0.717) is 0 Å². The van der Waals surface area contributed by atoms with Crippen LogP contribution in [0.4, 0.5) is 11.4 Å². The standard InChI is InChI=1S/C13H11BrN2S/c1-10-6-8-11(9-7-10)15-16-12-4-2-3-5-13(12)17-14/h2-9H,1H3. The molecular weight excluding hydrogens is 296 g/mol. The Bertz CT molecular complexity index is 523. The van der Waals surface area contributed by atoms with E-state index in [-0.39, 0.29) is 0 Å². The zero-order chi connectivity index (χ0) is 12.1. The average molecular weight is 307 g/mol. The third-order valence-corrected chi connectivity index (χ3v) is 3.81. The zero-order valence-corrected chi connectivity index (χ0v) is 11.7. The Hall–Kier alpha value is -1.13. The number of rotatable bonds is 3. The van der Waals surface area contributed by atoms with Crippen molar-refractivity contribution in [2.75, 3.05) is 0 Å². The number of halogens is 1. The van der Waals surface area contributed by atoms with E-state index in [1.807, 2.05) is 48.5 Å². The normalized spacial score (nSPS) is 10.9. The summed E-state index contributed by atoms with van der Waals surface area (Å²) in [5.41, 5.74) is 2.96. The number of benzene rings is 2. The monoisotopic (exact) mass is 306 g/mol. The van der Waals surface area contributed by atoms with Crippen LogP contribution in [0.3, 0.4) is 0 Å². The Morgan fingerprint density at radius 2 is 1.65 bits per heavy atom. The van der Waals surface area contributed by atoms with Gasteiger partial charge in [0.2, 0.25) is 0 Å². The molecule has 0 aliphatic carbocycles. The van der Waals surface area contributed by atoms with E-state index in [9.17, 15) is 0 Å². The SMILES string of the molecule is Cc1ccc(N=Nc2ccccc2SBr)cc1. The summed E-state index contributed by atoms with van der Waals surface area (Å²) in [5.74, 6) is 0. The van der Waals surface area contributed by atoms with Gasteiger partial charge in [-0.05, 0) is 56.2 Å². The Morgan fingerprint density at radius 1 is 0.941 bits per heavy atom. The van der Waals surface area contributed by atoms with Gasteiger partial charge in [-0.3, -0.25) is 0 Å². The molecule has 0 aliphatic rings. The maximum absolute atomic E-state index is 4.25. The number of hydrogen-bond acceptors (Lipinski definition) is 3. The van der Waals surface area contributed by atoms with Crippen LogP contribution in [0.25, 0.3) is 0 Å². The first-order chi connectivity index (χ1) is 8.29. The molecular formula is C13H11BrN2S. The predicted molar refractivity (Wildman–Crippen MR) is 76.6 cm³/mol. The lowest BCUT2D eigenvalue weighted by atomic mass is 10.2. The van der Waals surface area contributed by atoms with E-state index in [2.05, 4.69) is 32.0 Å². The number of azo groups is 1. The fraction of sp³-hybridized carbons (Fsp3) is 0.0769. The highest BCUT2D eigenvalue weighted by atomic mass is 79.9. The quantitative estimate of drug-likeness (QED) is 0.656. The van der Waals surface area contributed by atoms with E-state index in [4.69, 9.17) is 0 Å². The number of aryl methyl sites for hydroxylation is 1. The van der Waals surface area contributed by atoms with Crippen molar-refractivity contribution < 1.29 is 0 Å². The van der Waals surface area contributed by atoms with E-state index in [1.54, 1.807) is 0 Å². The molecule has 0 heterocycles. The fourth-order valence-corrected chi connectivity index (χ4v) is 2.47. The topological polar surface area (TPSA) is 24.7 Å². The summed E-state index contributed by atoms with van der Waals surface area (Å²) in [6.45, 7) is 2.05. The first-order valence-electron chi connectivity index (χ1n) is 5.15. The largest absolute Gasteiger partial charge is 0.151 e. The molecule has 0 unspecified atom stereocenters. The van der Waals surface area contributed by atoms with Gasteiger partial charge >= 0.3 is 0 Å². The summed E-state index contributed by atoms with van der Waals surface area (Å²) in [5, 5.41) is 8.47. The van der Waals surface area contributed by atoms with Crippen LogP contribution in [0.15, 0.2) is 63.7 Å². The Kier molecular flexibility index (Phi) is 4.34. The summed E-state index contributed by atoms with van der Waals surface area (Å²) < 4.78 is 0. The van der Waals surface area contributed by atoms with Crippen molar-refractivity contribution in [3.63, 3.8) is 0 Å². The molecule has 4 heteroatoms. The highest BCUT2D eigenvalue weighted by Crippen LogP contribution is 2.34. The van der Waals surface area contributed by atoms with E-state index < -0.39 is 0 Å². The van der Waals surface area contributed by atoms with Gasteiger partial charge in [-0.25, -0.2) is 0 Å². The van der Waals surface area contributed by atoms with Gasteiger partial charge in [-0.1, -0.05) is 29.8 Å². The van der Waals surface area contributed by atoms with Crippen LogP contribution in [0.1, 0.15) is 5.56 Å². The van der Waals surface area contributed by atoms with Crippen molar-refractivity contribution in [1.82, 2.24) is 0 Å². The van der Waals surface area contributed by atoms with Crippen molar-refractivity contribution in [3.05, 3.63) is 54.1 Å². The predicted octanol–water partition coefficient (Wildman–Crippen LogP) is 5.81. The van der Waals surface area contributed by atoms with Crippen LogP contribution in [0.2, 0.25) is 0 Å². The van der Waals surface area contributed by atoms with Crippen LogP contribution in [0, 0.1) is 6.92 Å². The molecule has 0 bridgehead atoms. The highest BCUT2D eigenvalue weighted by Gasteiger charge is 1.98. The summed E-state index contributed by atoms with van der Waals surface area (Å²) in [6.07, 6.45) is 0. The molecule has 0 saturated carbocycles. The summed E-state index contributed by atoms with van der Waals surface area (Å²) >= 11 is 3.36. The summed E-state index contributed by atoms with van der Waals surface area (Å²) in [6, 6.07) is 15.9. The van der Waals surface area contributed by atoms with Gasteiger partial charge in [0.25, 0.3) is 0 Å². The second kappa shape index (κ2) is 5.98. The van der Waals surface area contributed by atoms with Gasteiger partial charge in [0.15, 0.2) is 0 Å². The highest BCUT2D eigenvalue weighted by molar-refractivity contribution is 9.50. The van der Waals surface area contributed by atoms with Gasteiger partial charge in [0.05, 0.1) is 5.69 Å². The van der Waals surface area contributed by atoms with Crippen LogP contribution < -0.4 is 0 Å². The van der Waals surface area contributed by atoms with Crippen LogP contribution in [0.5, 0.6) is 0 Å². The van der Waals surface area contributed by atoms with Crippen LogP contribution in [-0.4, -0.2) is 0 Å². The molecule has 17 heavy (non-hydrogen) atoms. The lowest BCUT2D eigenvalue weighted by Crippen LogP contribution is -1.70. The zero-order valence-electron chi connectivity index (χ0n) is 9.30. The van der Waals surface area contributed by atoms with Crippen molar-refractivity contribution in [3.8, 4) is 0 Å². The Morgan fingerprint density at radius 3 is 2.35 bits per heavy atom. The minimum absolute atomic E-state index is 0.866. The second-order valence-electron chi connectivity index (χ2n) is 3.58. The molecule has 0 spiro atoms.